The number of nitrogens with zero attached hydrogens (tertiary/aromatic N) is 1. The third-order valence-electron chi connectivity index (χ3n) is 3.29. The fourth-order valence-corrected chi connectivity index (χ4v) is 2.44. The maximum atomic E-state index is 12.5. The molecule has 0 radical (unpaired) electrons. The average Bonchev–Trinajstić information content (AvgIpc) is 2.47. The van der Waals surface area contributed by atoms with E-state index >= 15 is 0 Å². The lowest BCUT2D eigenvalue weighted by molar-refractivity contribution is -0.125. The summed E-state index contributed by atoms with van der Waals surface area (Å²) in [7, 11) is 3.79. The van der Waals surface area contributed by atoms with Gasteiger partial charge in [-0.2, -0.15) is 0 Å². The number of halogens is 1. The van der Waals surface area contributed by atoms with Gasteiger partial charge >= 0.3 is 0 Å². The van der Waals surface area contributed by atoms with Gasteiger partial charge in [0.2, 0.25) is 5.91 Å². The smallest absolute Gasteiger partial charge is 0.242 e. The second-order valence-electron chi connectivity index (χ2n) is 5.09. The zero-order valence-corrected chi connectivity index (χ0v) is 13.0. The fraction of sp³-hybridized carbons (Fsp3) is 0.235. The molecule has 4 heteroatoms. The first kappa shape index (κ1) is 15.5. The summed E-state index contributed by atoms with van der Waals surface area (Å²) in [5.74, 6) is -0.0360. The topological polar surface area (TPSA) is 32.3 Å². The maximum Gasteiger partial charge on any atom is 0.242 e. The summed E-state index contributed by atoms with van der Waals surface area (Å²) in [6.07, 6.45) is 0. The van der Waals surface area contributed by atoms with Crippen LogP contribution in [0.4, 0.5) is 0 Å². The van der Waals surface area contributed by atoms with Crippen molar-refractivity contribution in [2.24, 2.45) is 0 Å². The zero-order valence-electron chi connectivity index (χ0n) is 12.2. The molecule has 0 aliphatic rings. The molecule has 1 unspecified atom stereocenters. The first-order valence-corrected chi connectivity index (χ1v) is 7.20. The molecule has 3 nitrogen and oxygen atoms in total. The Balaban J connectivity index is 2.08. The van der Waals surface area contributed by atoms with Gasteiger partial charge in [0.25, 0.3) is 0 Å². The highest BCUT2D eigenvalue weighted by atomic mass is 35.5. The van der Waals surface area contributed by atoms with E-state index in [2.05, 4.69) is 5.32 Å². The van der Waals surface area contributed by atoms with Crippen LogP contribution in [0.3, 0.4) is 0 Å². The summed E-state index contributed by atoms with van der Waals surface area (Å²) in [4.78, 5) is 14.4. The number of carbonyl (C=O) groups excluding carboxylic acids is 1. The molecule has 1 N–H and O–H groups in total. The molecule has 2 aromatic rings. The van der Waals surface area contributed by atoms with E-state index in [-0.39, 0.29) is 11.9 Å². The Kier molecular flexibility index (Phi) is 5.37. The molecule has 0 bridgehead atoms. The molecule has 0 heterocycles. The zero-order chi connectivity index (χ0) is 15.2. The lowest BCUT2D eigenvalue weighted by Crippen LogP contribution is -2.36. The molecular weight excluding hydrogens is 284 g/mol. The molecule has 0 saturated carbocycles. The van der Waals surface area contributed by atoms with Crippen LogP contribution >= 0.6 is 11.6 Å². The molecule has 0 fully saturated rings. The Labute approximate surface area is 130 Å². The van der Waals surface area contributed by atoms with Gasteiger partial charge in [-0.25, -0.2) is 0 Å². The van der Waals surface area contributed by atoms with Gasteiger partial charge in [-0.3, -0.25) is 9.69 Å². The largest absolute Gasteiger partial charge is 0.350 e. The minimum atomic E-state index is -0.311. The van der Waals surface area contributed by atoms with E-state index in [1.54, 1.807) is 0 Å². The Morgan fingerprint density at radius 3 is 2.33 bits per heavy atom. The number of rotatable bonds is 5. The number of nitrogens with one attached hydrogen (secondary N) is 1. The van der Waals surface area contributed by atoms with E-state index < -0.39 is 0 Å². The number of hydrogen-bond acceptors (Lipinski definition) is 2. The molecule has 0 saturated heterocycles. The monoisotopic (exact) mass is 302 g/mol. The normalized spacial score (nSPS) is 12.2. The van der Waals surface area contributed by atoms with Crippen LogP contribution in [0.5, 0.6) is 0 Å². The van der Waals surface area contributed by atoms with Crippen LogP contribution in [0.2, 0.25) is 5.02 Å². The molecule has 0 aliphatic heterocycles. The van der Waals surface area contributed by atoms with E-state index in [4.69, 9.17) is 11.6 Å². The molecule has 2 rings (SSSR count). The van der Waals surface area contributed by atoms with Crippen molar-refractivity contribution in [2.75, 3.05) is 14.1 Å². The molecule has 0 spiro atoms. The molecule has 2 aromatic carbocycles. The predicted molar refractivity (Wildman–Crippen MR) is 86.2 cm³/mol. The maximum absolute atomic E-state index is 12.5. The van der Waals surface area contributed by atoms with Crippen molar-refractivity contribution >= 4 is 17.5 Å². The highest BCUT2D eigenvalue weighted by Gasteiger charge is 2.22. The van der Waals surface area contributed by atoms with Crippen LogP contribution < -0.4 is 5.32 Å². The van der Waals surface area contributed by atoms with E-state index in [0.717, 1.165) is 11.1 Å². The molecular formula is C17H19ClN2O. The molecule has 110 valence electrons. The van der Waals surface area contributed by atoms with E-state index in [1.165, 1.54) is 0 Å². The quantitative estimate of drug-likeness (QED) is 0.919. The lowest BCUT2D eigenvalue weighted by Gasteiger charge is -2.24. The van der Waals surface area contributed by atoms with Crippen LogP contribution in [0.1, 0.15) is 17.2 Å². The van der Waals surface area contributed by atoms with Gasteiger partial charge in [-0.1, -0.05) is 60.1 Å². The first-order chi connectivity index (χ1) is 10.1. The Bertz CT molecular complexity index is 599. The highest BCUT2D eigenvalue weighted by molar-refractivity contribution is 6.31. The molecule has 1 atom stereocenters. The van der Waals surface area contributed by atoms with Gasteiger partial charge in [-0.15, -0.1) is 0 Å². The summed E-state index contributed by atoms with van der Waals surface area (Å²) >= 11 is 6.11. The van der Waals surface area contributed by atoms with E-state index in [0.29, 0.717) is 11.6 Å². The second-order valence-corrected chi connectivity index (χ2v) is 5.49. The van der Waals surface area contributed by atoms with Crippen molar-refractivity contribution in [1.29, 1.82) is 0 Å². The van der Waals surface area contributed by atoms with Crippen LogP contribution in [0, 0.1) is 0 Å². The number of benzene rings is 2. The summed E-state index contributed by atoms with van der Waals surface area (Å²) in [5.41, 5.74) is 1.89. The standard InChI is InChI=1S/C17H19ClN2O/c1-20(2)16(13-8-4-3-5-9-13)17(21)19-12-14-10-6-7-11-15(14)18/h3-11,16H,12H2,1-2H3,(H,19,21). The number of amides is 1. The van der Waals surface area contributed by atoms with Crippen LogP contribution in [-0.2, 0) is 11.3 Å². The van der Waals surface area contributed by atoms with Gasteiger partial charge in [0.15, 0.2) is 0 Å². The van der Waals surface area contributed by atoms with Gasteiger partial charge in [-0.05, 0) is 31.3 Å². The molecule has 21 heavy (non-hydrogen) atoms. The summed E-state index contributed by atoms with van der Waals surface area (Å²) in [6.45, 7) is 0.426. The summed E-state index contributed by atoms with van der Waals surface area (Å²) in [6, 6.07) is 16.9. The fourth-order valence-electron chi connectivity index (χ4n) is 2.24. The Morgan fingerprint density at radius 1 is 1.10 bits per heavy atom. The van der Waals surface area contributed by atoms with Gasteiger partial charge < -0.3 is 5.32 Å². The molecule has 0 aliphatic carbocycles. The summed E-state index contributed by atoms with van der Waals surface area (Å²) < 4.78 is 0. The third kappa shape index (κ3) is 4.06. The Hall–Kier alpha value is -1.84. The minimum Gasteiger partial charge on any atom is -0.350 e. The lowest BCUT2D eigenvalue weighted by atomic mass is 10.1. The van der Waals surface area contributed by atoms with E-state index in [9.17, 15) is 4.79 Å². The Morgan fingerprint density at radius 2 is 1.71 bits per heavy atom. The van der Waals surface area contributed by atoms with Gasteiger partial charge in [0.05, 0.1) is 0 Å². The summed E-state index contributed by atoms with van der Waals surface area (Å²) in [5, 5.41) is 3.62. The highest BCUT2D eigenvalue weighted by Crippen LogP contribution is 2.19. The number of carbonyl (C=O) groups is 1. The van der Waals surface area contributed by atoms with Crippen molar-refractivity contribution in [3.63, 3.8) is 0 Å². The van der Waals surface area contributed by atoms with Crippen molar-refractivity contribution in [2.45, 2.75) is 12.6 Å². The SMILES string of the molecule is CN(C)C(C(=O)NCc1ccccc1Cl)c1ccccc1. The second kappa shape index (κ2) is 7.25. The van der Waals surface area contributed by atoms with Crippen LogP contribution in [0.25, 0.3) is 0 Å². The van der Waals surface area contributed by atoms with Crippen LogP contribution in [-0.4, -0.2) is 24.9 Å². The first-order valence-electron chi connectivity index (χ1n) is 6.82. The molecule has 1 amide bonds. The minimum absolute atomic E-state index is 0.0360. The van der Waals surface area contributed by atoms with Crippen molar-refractivity contribution in [3.8, 4) is 0 Å². The van der Waals surface area contributed by atoms with Crippen molar-refractivity contribution < 1.29 is 4.79 Å². The van der Waals surface area contributed by atoms with Gasteiger partial charge in [0, 0.05) is 11.6 Å². The number of hydrogen-bond donors (Lipinski definition) is 1. The van der Waals surface area contributed by atoms with Crippen molar-refractivity contribution in [1.82, 2.24) is 10.2 Å². The predicted octanol–water partition coefficient (Wildman–Crippen LogP) is 3.26. The number of likely N-dealkylation sites (N-methyl/N-ethyl adjacent to an activating group) is 1. The third-order valence-corrected chi connectivity index (χ3v) is 3.66. The molecule has 0 aromatic heterocycles. The van der Waals surface area contributed by atoms with Crippen molar-refractivity contribution in [3.05, 3.63) is 70.7 Å². The van der Waals surface area contributed by atoms with Gasteiger partial charge in [0.1, 0.15) is 6.04 Å². The average molecular weight is 303 g/mol. The van der Waals surface area contributed by atoms with E-state index in [1.807, 2.05) is 73.6 Å². The van der Waals surface area contributed by atoms with Crippen LogP contribution in [0.15, 0.2) is 54.6 Å².